The molecule has 0 aliphatic rings. The van der Waals surface area contributed by atoms with Crippen LogP contribution in [0.25, 0.3) is 0 Å². The van der Waals surface area contributed by atoms with E-state index in [0.29, 0.717) is 5.88 Å². The summed E-state index contributed by atoms with van der Waals surface area (Å²) in [6.45, 7) is 4.13. The third kappa shape index (κ3) is 2.49. The minimum absolute atomic E-state index is 0.593. The number of halogens is 2. The fraction of sp³-hybridized carbons (Fsp3) is 0.300. The van der Waals surface area contributed by atoms with Crippen molar-refractivity contribution in [3.05, 3.63) is 39.7 Å². The molecule has 0 saturated carbocycles. The van der Waals surface area contributed by atoms with Crippen molar-refractivity contribution >= 4 is 27.5 Å². The smallest absolute Gasteiger partial charge is 0.0326 e. The van der Waals surface area contributed by atoms with Gasteiger partial charge in [0.15, 0.2) is 0 Å². The molecule has 0 heterocycles. The molecule has 0 atom stereocenters. The maximum absolute atomic E-state index is 5.74. The second-order valence-corrected chi connectivity index (χ2v) is 4.11. The minimum Gasteiger partial charge on any atom is -0.126 e. The monoisotopic (exact) mass is 245 g/mol. The third-order valence-electron chi connectivity index (χ3n) is 1.74. The molecular weight excluding hydrogens is 235 g/mol. The Morgan fingerprint density at radius 1 is 1.42 bits per heavy atom. The van der Waals surface area contributed by atoms with E-state index in [9.17, 15) is 0 Å². The van der Waals surface area contributed by atoms with E-state index >= 15 is 0 Å². The van der Waals surface area contributed by atoms with Crippen molar-refractivity contribution in [1.29, 1.82) is 0 Å². The van der Waals surface area contributed by atoms with E-state index in [4.69, 9.17) is 11.6 Å². The van der Waals surface area contributed by atoms with Crippen LogP contribution < -0.4 is 0 Å². The maximum Gasteiger partial charge on any atom is 0.0326 e. The number of hydrogen-bond donors (Lipinski definition) is 0. The molecule has 0 saturated heterocycles. The van der Waals surface area contributed by atoms with Crippen molar-refractivity contribution in [1.82, 2.24) is 0 Å². The Labute approximate surface area is 87.1 Å². The van der Waals surface area contributed by atoms with Crippen LogP contribution in [0.15, 0.2) is 22.7 Å². The molecule has 0 aromatic heterocycles. The van der Waals surface area contributed by atoms with Crippen molar-refractivity contribution in [2.24, 2.45) is 0 Å². The highest BCUT2D eigenvalue weighted by Crippen LogP contribution is 2.21. The second-order valence-electron chi connectivity index (χ2n) is 2.93. The first-order valence-electron chi connectivity index (χ1n) is 3.79. The fourth-order valence-electron chi connectivity index (χ4n) is 1.06. The molecule has 0 amide bonds. The van der Waals surface area contributed by atoms with Crippen molar-refractivity contribution in [3.63, 3.8) is 0 Å². The highest BCUT2D eigenvalue weighted by atomic mass is 79.9. The molecule has 0 fully saturated rings. The maximum atomic E-state index is 5.74. The molecule has 0 bridgehead atoms. The van der Waals surface area contributed by atoms with Gasteiger partial charge in [-0.25, -0.2) is 0 Å². The summed E-state index contributed by atoms with van der Waals surface area (Å²) < 4.78 is 1.11. The first kappa shape index (κ1) is 10.1. The zero-order chi connectivity index (χ0) is 9.14. The Morgan fingerprint density at radius 2 is 2.08 bits per heavy atom. The summed E-state index contributed by atoms with van der Waals surface area (Å²) in [6.07, 6.45) is 0. The number of alkyl halides is 1. The lowest BCUT2D eigenvalue weighted by Gasteiger charge is -2.08. The Morgan fingerprint density at radius 3 is 2.58 bits per heavy atom. The van der Waals surface area contributed by atoms with Crippen molar-refractivity contribution in [2.75, 3.05) is 5.88 Å². The number of rotatable bonds is 2. The van der Waals surface area contributed by atoms with Gasteiger partial charge in [-0.15, -0.1) is 11.6 Å². The molecule has 2 heteroatoms. The van der Waals surface area contributed by atoms with Gasteiger partial charge in [-0.1, -0.05) is 28.9 Å². The Kier molecular flexibility index (Phi) is 3.60. The summed E-state index contributed by atoms with van der Waals surface area (Å²) in [4.78, 5) is 0. The lowest BCUT2D eigenvalue weighted by molar-refractivity contribution is 1.14. The van der Waals surface area contributed by atoms with Gasteiger partial charge in [0.1, 0.15) is 0 Å². The second kappa shape index (κ2) is 4.29. The van der Waals surface area contributed by atoms with Crippen LogP contribution in [0.5, 0.6) is 0 Å². The van der Waals surface area contributed by atoms with Gasteiger partial charge in [-0.05, 0) is 30.2 Å². The standard InChI is InChI=1S/C10H11BrCl/c1-7-3-9(8(2)6-12)5-10(11)4-7/h3-5H,6H2,1-2H3. The van der Waals surface area contributed by atoms with Gasteiger partial charge in [0.2, 0.25) is 0 Å². The molecule has 1 aromatic carbocycles. The van der Waals surface area contributed by atoms with E-state index in [0.717, 1.165) is 4.47 Å². The first-order chi connectivity index (χ1) is 5.63. The normalized spacial score (nSPS) is 10.8. The van der Waals surface area contributed by atoms with Crippen molar-refractivity contribution in [3.8, 4) is 0 Å². The molecule has 12 heavy (non-hydrogen) atoms. The molecule has 65 valence electrons. The van der Waals surface area contributed by atoms with E-state index in [1.165, 1.54) is 17.0 Å². The van der Waals surface area contributed by atoms with Crippen LogP contribution in [0, 0.1) is 12.8 Å². The van der Waals surface area contributed by atoms with Crippen molar-refractivity contribution < 1.29 is 0 Å². The average molecular weight is 247 g/mol. The van der Waals surface area contributed by atoms with E-state index < -0.39 is 0 Å². The average Bonchev–Trinajstić information content (AvgIpc) is 2.01. The molecule has 0 aliphatic carbocycles. The van der Waals surface area contributed by atoms with Gasteiger partial charge < -0.3 is 0 Å². The minimum atomic E-state index is 0.593. The Bertz CT molecular complexity index is 250. The fourth-order valence-corrected chi connectivity index (χ4v) is 1.82. The van der Waals surface area contributed by atoms with Crippen LogP contribution in [0.1, 0.15) is 18.1 Å². The van der Waals surface area contributed by atoms with Crippen molar-refractivity contribution in [2.45, 2.75) is 13.8 Å². The van der Waals surface area contributed by atoms with Gasteiger partial charge in [-0.3, -0.25) is 0 Å². The lowest BCUT2D eigenvalue weighted by Crippen LogP contribution is -1.96. The molecule has 0 spiro atoms. The van der Waals surface area contributed by atoms with E-state index in [-0.39, 0.29) is 0 Å². The largest absolute Gasteiger partial charge is 0.126 e. The molecule has 1 aromatic rings. The highest BCUT2D eigenvalue weighted by molar-refractivity contribution is 9.10. The summed E-state index contributed by atoms with van der Waals surface area (Å²) in [5.41, 5.74) is 2.47. The molecule has 0 unspecified atom stereocenters. The van der Waals surface area contributed by atoms with Gasteiger partial charge in [-0.2, -0.15) is 0 Å². The van der Waals surface area contributed by atoms with Gasteiger partial charge >= 0.3 is 0 Å². The van der Waals surface area contributed by atoms with Gasteiger partial charge in [0.25, 0.3) is 0 Å². The van der Waals surface area contributed by atoms with Crippen LogP contribution in [0.3, 0.4) is 0 Å². The lowest BCUT2D eigenvalue weighted by atomic mass is 10.0. The molecule has 0 aliphatic heterocycles. The van der Waals surface area contributed by atoms with E-state index in [2.05, 4.69) is 41.1 Å². The van der Waals surface area contributed by atoms with Gasteiger partial charge in [0, 0.05) is 16.3 Å². The highest BCUT2D eigenvalue weighted by Gasteiger charge is 2.05. The van der Waals surface area contributed by atoms with Crippen LogP contribution in [0.4, 0.5) is 0 Å². The molecule has 0 nitrogen and oxygen atoms in total. The zero-order valence-electron chi connectivity index (χ0n) is 7.20. The third-order valence-corrected chi connectivity index (χ3v) is 2.59. The number of hydrogen-bond acceptors (Lipinski definition) is 0. The number of benzene rings is 1. The first-order valence-corrected chi connectivity index (χ1v) is 5.12. The summed E-state index contributed by atoms with van der Waals surface area (Å²) in [5, 5.41) is 0. The predicted molar refractivity (Wildman–Crippen MR) is 57.6 cm³/mol. The van der Waals surface area contributed by atoms with Gasteiger partial charge in [0.05, 0.1) is 0 Å². The zero-order valence-corrected chi connectivity index (χ0v) is 9.54. The van der Waals surface area contributed by atoms with Crippen LogP contribution in [-0.4, -0.2) is 5.88 Å². The quantitative estimate of drug-likeness (QED) is 0.694. The van der Waals surface area contributed by atoms with E-state index in [1.54, 1.807) is 0 Å². The molecule has 1 rings (SSSR count). The topological polar surface area (TPSA) is 0 Å². The summed E-state index contributed by atoms with van der Waals surface area (Å²) >= 11 is 9.19. The summed E-state index contributed by atoms with van der Waals surface area (Å²) in [5.74, 6) is 1.80. The Hall–Kier alpha value is -0.0100. The molecule has 0 N–H and O–H groups in total. The summed E-state index contributed by atoms with van der Waals surface area (Å²) in [6, 6.07) is 6.32. The van der Waals surface area contributed by atoms with Crippen LogP contribution >= 0.6 is 27.5 Å². The van der Waals surface area contributed by atoms with Crippen LogP contribution in [0.2, 0.25) is 0 Å². The molecular formula is C10H11BrCl. The molecule has 1 radical (unpaired) electrons. The van der Waals surface area contributed by atoms with E-state index in [1.807, 2.05) is 6.92 Å². The summed E-state index contributed by atoms with van der Waals surface area (Å²) in [7, 11) is 0. The predicted octanol–water partition coefficient (Wildman–Crippen LogP) is 3.94. The van der Waals surface area contributed by atoms with Crippen LogP contribution in [-0.2, 0) is 0 Å². The number of aryl methyl sites for hydroxylation is 1. The SMILES string of the molecule is C[C](CCl)c1cc(C)cc(Br)c1. The Balaban J connectivity index is 3.00.